The van der Waals surface area contributed by atoms with Gasteiger partial charge in [-0.05, 0) is 71.1 Å². The van der Waals surface area contributed by atoms with E-state index in [1.807, 2.05) is 60.7 Å². The summed E-state index contributed by atoms with van der Waals surface area (Å²) in [6.45, 7) is 1.56. The molecule has 5 aromatic rings. The molecule has 6 rings (SSSR count). The quantitative estimate of drug-likeness (QED) is 0.174. The number of H-pyrrole nitrogens is 1. The zero-order chi connectivity index (χ0) is 30.6. The fourth-order valence-corrected chi connectivity index (χ4v) is 6.00. The van der Waals surface area contributed by atoms with Gasteiger partial charge in [0.2, 0.25) is 0 Å². The minimum Gasteiger partial charge on any atom is -0.496 e. The maximum absolute atomic E-state index is 13.8. The Bertz CT molecular complexity index is 1760. The number of aromatic nitrogens is 1. The second kappa shape index (κ2) is 12.7. The highest BCUT2D eigenvalue weighted by Crippen LogP contribution is 2.34. The summed E-state index contributed by atoms with van der Waals surface area (Å²) >= 11 is 6.41. The number of rotatable bonds is 8. The van der Waals surface area contributed by atoms with Crippen LogP contribution in [0.3, 0.4) is 0 Å². The van der Waals surface area contributed by atoms with Gasteiger partial charge >= 0.3 is 6.09 Å². The number of anilines is 1. The van der Waals surface area contributed by atoms with Gasteiger partial charge in [-0.25, -0.2) is 4.79 Å². The van der Waals surface area contributed by atoms with Gasteiger partial charge in [-0.15, -0.1) is 0 Å². The Morgan fingerprint density at radius 3 is 2.43 bits per heavy atom. The number of hydrogen-bond donors (Lipinski definition) is 3. The zero-order valence-corrected chi connectivity index (χ0v) is 25.0. The van der Waals surface area contributed by atoms with Gasteiger partial charge in [-0.2, -0.15) is 0 Å². The number of nitrogens with zero attached hydrogens (tertiary/aromatic N) is 1. The van der Waals surface area contributed by atoms with E-state index in [2.05, 4.69) is 39.5 Å². The highest BCUT2D eigenvalue weighted by Gasteiger charge is 2.24. The predicted molar refractivity (Wildman–Crippen MR) is 173 cm³/mol. The zero-order valence-electron chi connectivity index (χ0n) is 24.3. The van der Waals surface area contributed by atoms with E-state index < -0.39 is 12.1 Å². The maximum atomic E-state index is 13.8. The summed E-state index contributed by atoms with van der Waals surface area (Å²) in [5.41, 5.74) is 11.3. The molecule has 9 heteroatoms. The Labute approximate surface area is 260 Å². The third-order valence-corrected chi connectivity index (χ3v) is 8.29. The van der Waals surface area contributed by atoms with Crippen molar-refractivity contribution in [1.29, 1.82) is 0 Å². The van der Waals surface area contributed by atoms with Crippen LogP contribution in [0.5, 0.6) is 5.75 Å². The highest BCUT2D eigenvalue weighted by molar-refractivity contribution is 6.30. The lowest BCUT2D eigenvalue weighted by molar-refractivity contribution is 0.0910. The number of nitrogens with two attached hydrogens (primary N) is 1. The number of methoxy groups -OCH3 is 1. The minimum atomic E-state index is -0.721. The number of para-hydroxylation sites is 1. The van der Waals surface area contributed by atoms with Crippen LogP contribution in [0.25, 0.3) is 22.0 Å². The highest BCUT2D eigenvalue weighted by atomic mass is 35.5. The predicted octanol–water partition coefficient (Wildman–Crippen LogP) is 7.08. The van der Waals surface area contributed by atoms with Crippen molar-refractivity contribution in [3.8, 4) is 16.9 Å². The van der Waals surface area contributed by atoms with Crippen molar-refractivity contribution in [2.75, 3.05) is 25.1 Å². The summed E-state index contributed by atoms with van der Waals surface area (Å²) in [7, 11) is 1.60. The van der Waals surface area contributed by atoms with E-state index in [1.54, 1.807) is 19.2 Å². The third kappa shape index (κ3) is 6.35. The second-order valence-corrected chi connectivity index (χ2v) is 11.3. The molecule has 1 saturated heterocycles. The van der Waals surface area contributed by atoms with Gasteiger partial charge in [-0.3, -0.25) is 4.79 Å². The molecule has 1 fully saturated rings. The summed E-state index contributed by atoms with van der Waals surface area (Å²) in [5.74, 6) is 0.395. The number of halogens is 1. The molecule has 0 spiro atoms. The van der Waals surface area contributed by atoms with Crippen molar-refractivity contribution >= 4 is 40.2 Å². The van der Waals surface area contributed by atoms with E-state index >= 15 is 0 Å². The molecule has 1 atom stereocenters. The van der Waals surface area contributed by atoms with Gasteiger partial charge in [0.25, 0.3) is 5.91 Å². The Kier molecular flexibility index (Phi) is 8.43. The number of nitrogens with one attached hydrogen (secondary N) is 2. The standard InChI is InChI=1S/C35H33ClN4O4/c1-43-32-14-11-26(36)21-29(32)33(31-20-24-5-2-3-8-30(24)38-31)39-34(41)25-7-4-6-23(19-25)22-9-12-27(13-10-22)40-17-15-28(16-18-40)44-35(37)42/h2-14,19-21,28,33,38H,15-18H2,1H3,(H2,37,42)(H,39,41)/t33-/m1/s1. The van der Waals surface area contributed by atoms with Crippen molar-refractivity contribution in [2.45, 2.75) is 25.0 Å². The fourth-order valence-electron chi connectivity index (χ4n) is 5.82. The first kappa shape index (κ1) is 29.1. The van der Waals surface area contributed by atoms with Crippen LogP contribution in [-0.4, -0.2) is 43.3 Å². The molecule has 0 radical (unpaired) electrons. The number of ether oxygens (including phenoxy) is 2. The van der Waals surface area contributed by atoms with E-state index in [-0.39, 0.29) is 12.0 Å². The van der Waals surface area contributed by atoms with Gasteiger partial charge in [0.1, 0.15) is 11.9 Å². The number of benzene rings is 4. The summed E-state index contributed by atoms with van der Waals surface area (Å²) < 4.78 is 10.8. The Morgan fingerprint density at radius 2 is 1.70 bits per heavy atom. The SMILES string of the molecule is COc1ccc(Cl)cc1[C@@H](NC(=O)c1cccc(-c2ccc(N3CCC(OC(N)=O)CC3)cc2)c1)c1cc2ccccc2[nH]1. The number of fused-ring (bicyclic) bond motifs is 1. The van der Waals surface area contributed by atoms with Crippen LogP contribution in [0.1, 0.15) is 40.5 Å². The van der Waals surface area contributed by atoms with E-state index in [4.69, 9.17) is 26.8 Å². The largest absolute Gasteiger partial charge is 0.496 e. The van der Waals surface area contributed by atoms with Crippen LogP contribution in [0.2, 0.25) is 5.02 Å². The molecule has 2 amide bonds. The smallest absolute Gasteiger partial charge is 0.404 e. The topological polar surface area (TPSA) is 110 Å². The molecule has 224 valence electrons. The number of amides is 2. The fraction of sp³-hybridized carbons (Fsp3) is 0.200. The molecule has 0 unspecified atom stereocenters. The third-order valence-electron chi connectivity index (χ3n) is 8.06. The van der Waals surface area contributed by atoms with E-state index in [9.17, 15) is 9.59 Å². The molecule has 1 aliphatic heterocycles. The van der Waals surface area contributed by atoms with Crippen LogP contribution in [0, 0.1) is 0 Å². The molecule has 0 bridgehead atoms. The first-order valence-corrected chi connectivity index (χ1v) is 14.9. The van der Waals surface area contributed by atoms with E-state index in [1.165, 1.54) is 0 Å². The number of primary amides is 1. The van der Waals surface area contributed by atoms with Crippen molar-refractivity contribution in [1.82, 2.24) is 10.3 Å². The van der Waals surface area contributed by atoms with Crippen molar-refractivity contribution in [3.63, 3.8) is 0 Å². The van der Waals surface area contributed by atoms with Gasteiger partial charge in [0, 0.05) is 59.0 Å². The molecule has 0 aliphatic carbocycles. The van der Waals surface area contributed by atoms with E-state index in [0.29, 0.717) is 16.3 Å². The molecule has 1 aliphatic rings. The molecular formula is C35H33ClN4O4. The van der Waals surface area contributed by atoms with Crippen molar-refractivity contribution in [2.24, 2.45) is 5.73 Å². The number of carbonyl (C=O) groups excluding carboxylic acids is 2. The van der Waals surface area contributed by atoms with E-state index in [0.717, 1.165) is 64.9 Å². The first-order chi connectivity index (χ1) is 21.4. The normalized spacial score (nSPS) is 14.3. The molecule has 8 nitrogen and oxygen atoms in total. The molecule has 4 N–H and O–H groups in total. The Balaban J connectivity index is 1.23. The summed E-state index contributed by atoms with van der Waals surface area (Å²) in [6, 6.07) is 30.7. The maximum Gasteiger partial charge on any atom is 0.404 e. The second-order valence-electron chi connectivity index (χ2n) is 10.9. The average Bonchev–Trinajstić information content (AvgIpc) is 3.48. The Hall–Kier alpha value is -4.95. The number of aromatic amines is 1. The molecule has 1 aromatic heterocycles. The summed E-state index contributed by atoms with van der Waals surface area (Å²) in [4.78, 5) is 30.6. The minimum absolute atomic E-state index is 0.132. The molecule has 4 aromatic carbocycles. The lowest BCUT2D eigenvalue weighted by Gasteiger charge is -2.33. The summed E-state index contributed by atoms with van der Waals surface area (Å²) in [6.07, 6.45) is 0.624. The Morgan fingerprint density at radius 1 is 0.932 bits per heavy atom. The lowest BCUT2D eigenvalue weighted by atomic mass is 9.99. The van der Waals surface area contributed by atoms with Crippen LogP contribution >= 0.6 is 11.6 Å². The monoisotopic (exact) mass is 608 g/mol. The van der Waals surface area contributed by atoms with Gasteiger partial charge < -0.3 is 30.4 Å². The van der Waals surface area contributed by atoms with Crippen LogP contribution in [0.4, 0.5) is 10.5 Å². The first-order valence-electron chi connectivity index (χ1n) is 14.5. The van der Waals surface area contributed by atoms with Crippen LogP contribution < -0.4 is 20.7 Å². The number of piperidine rings is 1. The van der Waals surface area contributed by atoms with Gasteiger partial charge in [0.15, 0.2) is 0 Å². The molecule has 44 heavy (non-hydrogen) atoms. The molecular weight excluding hydrogens is 576 g/mol. The van der Waals surface area contributed by atoms with Crippen molar-refractivity contribution in [3.05, 3.63) is 119 Å². The average molecular weight is 609 g/mol. The molecule has 2 heterocycles. The van der Waals surface area contributed by atoms with Gasteiger partial charge in [-0.1, -0.05) is 54.1 Å². The molecule has 0 saturated carbocycles. The number of carbonyl (C=O) groups is 2. The van der Waals surface area contributed by atoms with Gasteiger partial charge in [0.05, 0.1) is 13.2 Å². The van der Waals surface area contributed by atoms with Crippen LogP contribution in [0.15, 0.2) is 97.1 Å². The van der Waals surface area contributed by atoms with Crippen LogP contribution in [-0.2, 0) is 4.74 Å². The lowest BCUT2D eigenvalue weighted by Crippen LogP contribution is -2.38. The van der Waals surface area contributed by atoms with Crippen molar-refractivity contribution < 1.29 is 19.1 Å². The number of hydrogen-bond acceptors (Lipinski definition) is 5. The summed E-state index contributed by atoms with van der Waals surface area (Å²) in [5, 5.41) is 4.80.